The average Bonchev–Trinajstić information content (AvgIpc) is 3.18. The van der Waals surface area contributed by atoms with Crippen molar-refractivity contribution in [3.05, 3.63) is 35.6 Å². The SMILES string of the molecule is O=C1CNC(c2ccc(F)cc2)N1CC1CC2CCC1C2. The Bertz CT molecular complexity index is 544. The molecule has 2 saturated carbocycles. The van der Waals surface area contributed by atoms with E-state index in [9.17, 15) is 9.18 Å². The fraction of sp³-hybridized carbons (Fsp3) is 0.588. The van der Waals surface area contributed by atoms with Crippen molar-refractivity contribution in [1.29, 1.82) is 0 Å². The first kappa shape index (κ1) is 13.3. The molecule has 0 spiro atoms. The summed E-state index contributed by atoms with van der Waals surface area (Å²) in [6.45, 7) is 1.25. The fourth-order valence-corrected chi connectivity index (χ4v) is 4.54. The molecule has 1 amide bonds. The highest BCUT2D eigenvalue weighted by Gasteiger charge is 2.42. The summed E-state index contributed by atoms with van der Waals surface area (Å²) in [6, 6.07) is 6.49. The van der Waals surface area contributed by atoms with Gasteiger partial charge in [0.1, 0.15) is 12.0 Å². The highest BCUT2D eigenvalue weighted by atomic mass is 19.1. The molecule has 0 radical (unpaired) electrons. The predicted molar refractivity (Wildman–Crippen MR) is 77.8 cm³/mol. The minimum Gasteiger partial charge on any atom is -0.322 e. The maximum Gasteiger partial charge on any atom is 0.238 e. The molecule has 2 aliphatic carbocycles. The summed E-state index contributed by atoms with van der Waals surface area (Å²) < 4.78 is 13.1. The monoisotopic (exact) mass is 288 g/mol. The van der Waals surface area contributed by atoms with E-state index in [1.807, 2.05) is 4.90 Å². The molecule has 3 aliphatic rings. The third-order valence-electron chi connectivity index (χ3n) is 5.58. The van der Waals surface area contributed by atoms with E-state index in [1.54, 1.807) is 12.1 Å². The number of halogens is 1. The lowest BCUT2D eigenvalue weighted by molar-refractivity contribution is -0.128. The second-order valence-corrected chi connectivity index (χ2v) is 6.82. The summed E-state index contributed by atoms with van der Waals surface area (Å²) in [5, 5.41) is 3.26. The summed E-state index contributed by atoms with van der Waals surface area (Å²) in [7, 11) is 0. The normalized spacial score (nSPS) is 34.9. The number of rotatable bonds is 3. The summed E-state index contributed by atoms with van der Waals surface area (Å²) in [5.41, 5.74) is 0.977. The molecule has 3 nitrogen and oxygen atoms in total. The van der Waals surface area contributed by atoms with E-state index in [1.165, 1.54) is 37.8 Å². The maximum atomic E-state index is 13.1. The summed E-state index contributed by atoms with van der Waals surface area (Å²) in [6.07, 6.45) is 5.28. The first-order valence-electron chi connectivity index (χ1n) is 7.99. The Hall–Kier alpha value is -1.42. The Balaban J connectivity index is 1.51. The number of hydrogen-bond acceptors (Lipinski definition) is 2. The van der Waals surface area contributed by atoms with Crippen LogP contribution in [0, 0.1) is 23.6 Å². The van der Waals surface area contributed by atoms with Crippen LogP contribution < -0.4 is 5.32 Å². The van der Waals surface area contributed by atoms with Crippen molar-refractivity contribution in [2.24, 2.45) is 17.8 Å². The van der Waals surface area contributed by atoms with Gasteiger partial charge in [-0.25, -0.2) is 4.39 Å². The van der Waals surface area contributed by atoms with Crippen LogP contribution in [0.1, 0.15) is 37.4 Å². The third-order valence-corrected chi connectivity index (χ3v) is 5.58. The number of carbonyl (C=O) groups excluding carboxylic acids is 1. The molecule has 1 heterocycles. The highest BCUT2D eigenvalue weighted by molar-refractivity contribution is 5.81. The number of nitrogens with zero attached hydrogens (tertiary/aromatic N) is 1. The molecule has 2 bridgehead atoms. The van der Waals surface area contributed by atoms with Gasteiger partial charge in [0.25, 0.3) is 0 Å². The second-order valence-electron chi connectivity index (χ2n) is 6.82. The largest absolute Gasteiger partial charge is 0.322 e. The fourth-order valence-electron chi connectivity index (χ4n) is 4.54. The van der Waals surface area contributed by atoms with E-state index in [0.717, 1.165) is 23.9 Å². The van der Waals surface area contributed by atoms with Crippen LogP contribution in [-0.2, 0) is 4.79 Å². The van der Waals surface area contributed by atoms with Gasteiger partial charge in [0.15, 0.2) is 0 Å². The quantitative estimate of drug-likeness (QED) is 0.927. The van der Waals surface area contributed by atoms with Crippen molar-refractivity contribution in [1.82, 2.24) is 10.2 Å². The van der Waals surface area contributed by atoms with Crippen molar-refractivity contribution in [3.63, 3.8) is 0 Å². The van der Waals surface area contributed by atoms with E-state index in [0.29, 0.717) is 12.5 Å². The minimum absolute atomic E-state index is 0.0859. The van der Waals surface area contributed by atoms with E-state index in [2.05, 4.69) is 5.32 Å². The molecule has 1 aliphatic heterocycles. The lowest BCUT2D eigenvalue weighted by Crippen LogP contribution is -2.36. The Labute approximate surface area is 124 Å². The van der Waals surface area contributed by atoms with E-state index in [-0.39, 0.29) is 17.9 Å². The van der Waals surface area contributed by atoms with Crippen LogP contribution in [0.2, 0.25) is 0 Å². The molecule has 1 aromatic carbocycles. The number of amides is 1. The van der Waals surface area contributed by atoms with E-state index >= 15 is 0 Å². The first-order valence-corrected chi connectivity index (χ1v) is 7.99. The Kier molecular flexibility index (Phi) is 3.21. The maximum absolute atomic E-state index is 13.1. The number of hydrogen-bond donors (Lipinski definition) is 1. The zero-order valence-electron chi connectivity index (χ0n) is 12.1. The topological polar surface area (TPSA) is 32.3 Å². The number of fused-ring (bicyclic) bond motifs is 2. The molecule has 4 atom stereocenters. The van der Waals surface area contributed by atoms with Crippen molar-refractivity contribution >= 4 is 5.91 Å². The van der Waals surface area contributed by atoms with Gasteiger partial charge in [-0.15, -0.1) is 0 Å². The van der Waals surface area contributed by atoms with Gasteiger partial charge in [-0.2, -0.15) is 0 Å². The van der Waals surface area contributed by atoms with Crippen LogP contribution >= 0.6 is 0 Å². The second kappa shape index (κ2) is 5.09. The first-order chi connectivity index (χ1) is 10.2. The Morgan fingerprint density at radius 2 is 2.00 bits per heavy atom. The highest BCUT2D eigenvalue weighted by Crippen LogP contribution is 2.49. The number of carbonyl (C=O) groups is 1. The smallest absolute Gasteiger partial charge is 0.238 e. The molecular weight excluding hydrogens is 267 g/mol. The predicted octanol–water partition coefficient (Wildman–Crippen LogP) is 2.69. The van der Waals surface area contributed by atoms with Gasteiger partial charge in [-0.1, -0.05) is 18.6 Å². The van der Waals surface area contributed by atoms with Crippen LogP contribution in [0.15, 0.2) is 24.3 Å². The molecular formula is C17H21FN2O. The molecule has 0 aromatic heterocycles. The number of nitrogens with one attached hydrogen (secondary N) is 1. The lowest BCUT2D eigenvalue weighted by Gasteiger charge is -2.31. The summed E-state index contributed by atoms with van der Waals surface area (Å²) >= 11 is 0. The van der Waals surface area contributed by atoms with Gasteiger partial charge in [0, 0.05) is 6.54 Å². The van der Waals surface area contributed by atoms with E-state index in [4.69, 9.17) is 0 Å². The standard InChI is InChI=1S/C17H21FN2O/c18-15-5-3-12(4-6-15)17-19-9-16(21)20(17)10-14-8-11-1-2-13(14)7-11/h3-6,11,13-14,17,19H,1-2,7-10H2. The van der Waals surface area contributed by atoms with Crippen molar-refractivity contribution < 1.29 is 9.18 Å². The van der Waals surface area contributed by atoms with Crippen molar-refractivity contribution in [2.75, 3.05) is 13.1 Å². The van der Waals surface area contributed by atoms with Gasteiger partial charge in [0.2, 0.25) is 5.91 Å². The third kappa shape index (κ3) is 2.35. The van der Waals surface area contributed by atoms with Gasteiger partial charge in [0.05, 0.1) is 6.54 Å². The molecule has 1 saturated heterocycles. The Morgan fingerprint density at radius 3 is 2.67 bits per heavy atom. The van der Waals surface area contributed by atoms with Crippen LogP contribution in [0.25, 0.3) is 0 Å². The van der Waals surface area contributed by atoms with Crippen LogP contribution in [0.4, 0.5) is 4.39 Å². The van der Waals surface area contributed by atoms with Gasteiger partial charge >= 0.3 is 0 Å². The van der Waals surface area contributed by atoms with Gasteiger partial charge in [-0.05, 0) is 54.7 Å². The lowest BCUT2D eigenvalue weighted by atomic mass is 9.88. The minimum atomic E-state index is -0.234. The van der Waals surface area contributed by atoms with Gasteiger partial charge < -0.3 is 4.90 Å². The molecule has 4 unspecified atom stereocenters. The molecule has 4 heteroatoms. The van der Waals surface area contributed by atoms with Crippen LogP contribution in [-0.4, -0.2) is 23.9 Å². The van der Waals surface area contributed by atoms with Crippen molar-refractivity contribution in [2.45, 2.75) is 31.8 Å². The molecule has 1 aromatic rings. The molecule has 112 valence electrons. The van der Waals surface area contributed by atoms with E-state index < -0.39 is 0 Å². The van der Waals surface area contributed by atoms with Crippen LogP contribution in [0.3, 0.4) is 0 Å². The summed E-state index contributed by atoms with van der Waals surface area (Å²) in [5.74, 6) is 2.32. The molecule has 4 rings (SSSR count). The molecule has 3 fully saturated rings. The average molecular weight is 288 g/mol. The summed E-state index contributed by atoms with van der Waals surface area (Å²) in [4.78, 5) is 14.2. The van der Waals surface area contributed by atoms with Crippen LogP contribution in [0.5, 0.6) is 0 Å². The number of benzene rings is 1. The van der Waals surface area contributed by atoms with Crippen molar-refractivity contribution in [3.8, 4) is 0 Å². The van der Waals surface area contributed by atoms with Gasteiger partial charge in [-0.3, -0.25) is 10.1 Å². The Morgan fingerprint density at radius 1 is 1.19 bits per heavy atom. The zero-order chi connectivity index (χ0) is 14.4. The molecule has 1 N–H and O–H groups in total. The zero-order valence-corrected chi connectivity index (χ0v) is 12.1. The molecule has 21 heavy (non-hydrogen) atoms.